The van der Waals surface area contributed by atoms with Crippen LogP contribution in [0.15, 0.2) is 61.1 Å². The molecule has 0 saturated carbocycles. The molecule has 4 rings (SSSR count). The summed E-state index contributed by atoms with van der Waals surface area (Å²) in [7, 11) is 0. The highest BCUT2D eigenvalue weighted by Crippen LogP contribution is 2.22. The van der Waals surface area contributed by atoms with E-state index in [2.05, 4.69) is 27.7 Å². The Kier molecular flexibility index (Phi) is 5.86. The van der Waals surface area contributed by atoms with Gasteiger partial charge in [-0.1, -0.05) is 36.4 Å². The fourth-order valence-electron chi connectivity index (χ4n) is 3.58. The molecule has 2 heterocycles. The topological polar surface area (TPSA) is 85.0 Å². The molecule has 29 heavy (non-hydrogen) atoms. The van der Waals surface area contributed by atoms with Crippen LogP contribution in [-0.4, -0.2) is 30.6 Å². The number of nitrogens with zero attached hydrogens (tertiary/aromatic N) is 4. The van der Waals surface area contributed by atoms with Crippen LogP contribution in [0.5, 0.6) is 0 Å². The van der Waals surface area contributed by atoms with E-state index in [9.17, 15) is 4.79 Å². The highest BCUT2D eigenvalue weighted by molar-refractivity contribution is 5.89. The number of anilines is 1. The van der Waals surface area contributed by atoms with Crippen molar-refractivity contribution in [3.63, 3.8) is 0 Å². The van der Waals surface area contributed by atoms with Crippen molar-refractivity contribution >= 4 is 11.7 Å². The Bertz CT molecular complexity index is 987. The van der Waals surface area contributed by atoms with E-state index in [1.807, 2.05) is 41.2 Å². The number of rotatable bonds is 7. The van der Waals surface area contributed by atoms with E-state index >= 15 is 0 Å². The van der Waals surface area contributed by atoms with Crippen molar-refractivity contribution in [3.05, 3.63) is 66.6 Å². The molecule has 0 aliphatic heterocycles. The zero-order valence-corrected chi connectivity index (χ0v) is 16.2. The van der Waals surface area contributed by atoms with Crippen LogP contribution in [0, 0.1) is 5.92 Å². The van der Waals surface area contributed by atoms with Gasteiger partial charge in [0.15, 0.2) is 0 Å². The molecule has 1 aliphatic carbocycles. The van der Waals surface area contributed by atoms with E-state index in [1.54, 1.807) is 17.1 Å². The lowest BCUT2D eigenvalue weighted by Crippen LogP contribution is -2.22. The Morgan fingerprint density at radius 2 is 2.00 bits per heavy atom. The van der Waals surface area contributed by atoms with E-state index < -0.39 is 0 Å². The second-order valence-corrected chi connectivity index (χ2v) is 7.38. The van der Waals surface area contributed by atoms with Crippen LogP contribution in [0.4, 0.5) is 5.82 Å². The smallest absolute Gasteiger partial charge is 0.247 e. The van der Waals surface area contributed by atoms with Gasteiger partial charge in [0, 0.05) is 24.4 Å². The van der Waals surface area contributed by atoms with Crippen LogP contribution in [0.2, 0.25) is 0 Å². The van der Waals surface area contributed by atoms with E-state index in [1.165, 1.54) is 0 Å². The monoisotopic (exact) mass is 391 g/mol. The first kappa shape index (κ1) is 19.1. The Labute approximate surface area is 169 Å². The molecule has 3 aromatic rings. The molecule has 0 spiro atoms. The Morgan fingerprint density at radius 3 is 2.76 bits per heavy atom. The number of aliphatic hydroxyl groups is 1. The van der Waals surface area contributed by atoms with Crippen molar-refractivity contribution in [1.29, 1.82) is 0 Å². The van der Waals surface area contributed by atoms with E-state index in [0.717, 1.165) is 48.3 Å². The predicted octanol–water partition coefficient (Wildman–Crippen LogP) is 3.23. The third-order valence-electron chi connectivity index (χ3n) is 5.20. The van der Waals surface area contributed by atoms with Gasteiger partial charge in [-0.05, 0) is 36.3 Å². The number of amides is 1. The van der Waals surface area contributed by atoms with Crippen molar-refractivity contribution in [2.24, 2.45) is 5.92 Å². The summed E-state index contributed by atoms with van der Waals surface area (Å²) in [4.78, 5) is 12.5. The summed E-state index contributed by atoms with van der Waals surface area (Å²) in [6, 6.07) is 9.46. The molecule has 150 valence electrons. The van der Waals surface area contributed by atoms with Crippen LogP contribution in [0.1, 0.15) is 24.8 Å². The summed E-state index contributed by atoms with van der Waals surface area (Å²) < 4.78 is 3.50. The molecule has 0 bridgehead atoms. The standard InChI is InChI=1S/C22H25N5O2/c28-16-18-6-8-19(9-7-18)20-12-24-26(14-20)15-22(29)25-21-10-11-23-27(21)13-17-4-2-1-3-5-17/h1-2,6-12,14,17,28H,3-5,13,15-16H2,(H,25,29). The number of benzene rings is 1. The first-order chi connectivity index (χ1) is 14.2. The highest BCUT2D eigenvalue weighted by Gasteiger charge is 2.15. The second kappa shape index (κ2) is 8.87. The molecule has 2 N–H and O–H groups in total. The SMILES string of the molecule is O=C(Cn1cc(-c2ccc(CO)cc2)cn1)Nc1ccnn1CC1CC=CCC1. The number of nitrogens with one attached hydrogen (secondary N) is 1. The van der Waals surface area contributed by atoms with Gasteiger partial charge in [0.1, 0.15) is 12.4 Å². The average Bonchev–Trinajstić information content (AvgIpc) is 3.38. The summed E-state index contributed by atoms with van der Waals surface area (Å²) >= 11 is 0. The lowest BCUT2D eigenvalue weighted by Gasteiger charge is -2.19. The van der Waals surface area contributed by atoms with Crippen LogP contribution < -0.4 is 5.32 Å². The van der Waals surface area contributed by atoms with Crippen molar-refractivity contribution < 1.29 is 9.90 Å². The van der Waals surface area contributed by atoms with Crippen LogP contribution >= 0.6 is 0 Å². The van der Waals surface area contributed by atoms with Crippen molar-refractivity contribution in [1.82, 2.24) is 19.6 Å². The number of aromatic nitrogens is 4. The van der Waals surface area contributed by atoms with Gasteiger partial charge in [0.2, 0.25) is 5.91 Å². The minimum absolute atomic E-state index is 0.0216. The molecule has 0 fully saturated rings. The van der Waals surface area contributed by atoms with Gasteiger partial charge in [0.25, 0.3) is 0 Å². The number of allylic oxidation sites excluding steroid dienone is 2. The van der Waals surface area contributed by atoms with Crippen molar-refractivity contribution in [3.8, 4) is 11.1 Å². The number of hydrogen-bond acceptors (Lipinski definition) is 4. The molecule has 1 aromatic carbocycles. The van der Waals surface area contributed by atoms with Gasteiger partial charge in [-0.25, -0.2) is 4.68 Å². The number of carbonyl (C=O) groups excluding carboxylic acids is 1. The van der Waals surface area contributed by atoms with Crippen LogP contribution in [0.25, 0.3) is 11.1 Å². The van der Waals surface area contributed by atoms with Crippen LogP contribution in [0.3, 0.4) is 0 Å². The quantitative estimate of drug-likeness (QED) is 0.606. The summed E-state index contributed by atoms with van der Waals surface area (Å²) in [5.41, 5.74) is 2.78. The Morgan fingerprint density at radius 1 is 1.14 bits per heavy atom. The summed E-state index contributed by atoms with van der Waals surface area (Å²) in [5.74, 6) is 1.14. The van der Waals surface area contributed by atoms with Crippen molar-refractivity contribution in [2.75, 3.05) is 5.32 Å². The lowest BCUT2D eigenvalue weighted by molar-refractivity contribution is -0.117. The van der Waals surface area contributed by atoms with Crippen LogP contribution in [-0.2, 0) is 24.5 Å². The van der Waals surface area contributed by atoms with Crippen molar-refractivity contribution in [2.45, 2.75) is 39.0 Å². The van der Waals surface area contributed by atoms with E-state index in [0.29, 0.717) is 5.92 Å². The summed E-state index contributed by atoms with van der Waals surface area (Å²) in [6.07, 6.45) is 13.1. The molecule has 1 atom stereocenters. The maximum Gasteiger partial charge on any atom is 0.247 e. The maximum atomic E-state index is 12.5. The van der Waals surface area contributed by atoms with Gasteiger partial charge in [-0.2, -0.15) is 10.2 Å². The van der Waals surface area contributed by atoms with Gasteiger partial charge in [-0.15, -0.1) is 0 Å². The molecule has 0 radical (unpaired) electrons. The Balaban J connectivity index is 1.36. The first-order valence-corrected chi connectivity index (χ1v) is 9.90. The molecule has 7 nitrogen and oxygen atoms in total. The predicted molar refractivity (Wildman–Crippen MR) is 111 cm³/mol. The number of carbonyl (C=O) groups is 1. The average molecular weight is 391 g/mol. The number of hydrogen-bond donors (Lipinski definition) is 2. The third-order valence-corrected chi connectivity index (χ3v) is 5.20. The summed E-state index contributed by atoms with van der Waals surface area (Å²) in [6.45, 7) is 0.961. The highest BCUT2D eigenvalue weighted by atomic mass is 16.3. The minimum atomic E-state index is -0.138. The first-order valence-electron chi connectivity index (χ1n) is 9.90. The molecule has 0 saturated heterocycles. The largest absolute Gasteiger partial charge is 0.392 e. The number of aliphatic hydroxyl groups excluding tert-OH is 1. The second-order valence-electron chi connectivity index (χ2n) is 7.38. The van der Waals surface area contributed by atoms with E-state index in [4.69, 9.17) is 5.11 Å². The molecular weight excluding hydrogens is 366 g/mol. The van der Waals surface area contributed by atoms with Gasteiger partial charge in [-0.3, -0.25) is 9.48 Å². The van der Waals surface area contributed by atoms with Gasteiger partial charge >= 0.3 is 0 Å². The van der Waals surface area contributed by atoms with Gasteiger partial charge in [0.05, 0.1) is 19.0 Å². The summed E-state index contributed by atoms with van der Waals surface area (Å²) in [5, 5.41) is 20.8. The van der Waals surface area contributed by atoms with Gasteiger partial charge < -0.3 is 10.4 Å². The molecule has 1 unspecified atom stereocenters. The minimum Gasteiger partial charge on any atom is -0.392 e. The lowest BCUT2D eigenvalue weighted by atomic mass is 9.94. The molecule has 1 amide bonds. The zero-order valence-electron chi connectivity index (χ0n) is 16.2. The fraction of sp³-hybridized carbons (Fsp3) is 0.318. The molecule has 7 heteroatoms. The molecule has 1 aliphatic rings. The third kappa shape index (κ3) is 4.81. The van der Waals surface area contributed by atoms with E-state index in [-0.39, 0.29) is 19.1 Å². The molecular formula is C22H25N5O2. The maximum absolute atomic E-state index is 12.5. The fourth-order valence-corrected chi connectivity index (χ4v) is 3.58. The zero-order chi connectivity index (χ0) is 20.1. The normalized spacial score (nSPS) is 16.1. The Hall–Kier alpha value is -3.19. The molecule has 2 aromatic heterocycles.